The third-order valence-electron chi connectivity index (χ3n) is 3.06. The van der Waals surface area contributed by atoms with Crippen LogP contribution in [-0.2, 0) is 7.05 Å². The number of aromatic nitrogens is 2. The number of para-hydroxylation sites is 2. The SMILES string of the molecule is Cn1c(Nc2ccc(C#N)cc2)nc2ccccc21. The molecule has 2 aromatic carbocycles. The van der Waals surface area contributed by atoms with E-state index in [2.05, 4.69) is 16.4 Å². The van der Waals surface area contributed by atoms with Crippen LogP contribution in [0.4, 0.5) is 11.6 Å². The van der Waals surface area contributed by atoms with Crippen LogP contribution in [0.15, 0.2) is 48.5 Å². The summed E-state index contributed by atoms with van der Waals surface area (Å²) in [5, 5.41) is 12.0. The average molecular weight is 248 g/mol. The summed E-state index contributed by atoms with van der Waals surface area (Å²) in [5.41, 5.74) is 3.60. The molecule has 0 bridgehead atoms. The molecule has 19 heavy (non-hydrogen) atoms. The maximum Gasteiger partial charge on any atom is 0.208 e. The number of benzene rings is 2. The van der Waals surface area contributed by atoms with Gasteiger partial charge in [-0.25, -0.2) is 4.98 Å². The highest BCUT2D eigenvalue weighted by molar-refractivity contribution is 5.79. The van der Waals surface area contributed by atoms with Gasteiger partial charge >= 0.3 is 0 Å². The Balaban J connectivity index is 1.96. The van der Waals surface area contributed by atoms with Crippen LogP contribution in [-0.4, -0.2) is 9.55 Å². The average Bonchev–Trinajstić information content (AvgIpc) is 2.77. The topological polar surface area (TPSA) is 53.6 Å². The molecule has 0 atom stereocenters. The third-order valence-corrected chi connectivity index (χ3v) is 3.06. The Morgan fingerprint density at radius 2 is 1.84 bits per heavy atom. The third kappa shape index (κ3) is 2.02. The van der Waals surface area contributed by atoms with Gasteiger partial charge in [-0.2, -0.15) is 5.26 Å². The summed E-state index contributed by atoms with van der Waals surface area (Å²) in [6, 6.07) is 17.4. The predicted molar refractivity (Wildman–Crippen MR) is 75.2 cm³/mol. The van der Waals surface area contributed by atoms with Crippen LogP contribution < -0.4 is 5.32 Å². The van der Waals surface area contributed by atoms with Gasteiger partial charge in [0.2, 0.25) is 5.95 Å². The summed E-state index contributed by atoms with van der Waals surface area (Å²) < 4.78 is 2.01. The van der Waals surface area contributed by atoms with Crippen molar-refractivity contribution in [3.05, 3.63) is 54.1 Å². The van der Waals surface area contributed by atoms with Crippen molar-refractivity contribution in [1.82, 2.24) is 9.55 Å². The minimum absolute atomic E-state index is 0.649. The smallest absolute Gasteiger partial charge is 0.208 e. The number of nitrogens with zero attached hydrogens (tertiary/aromatic N) is 3. The predicted octanol–water partition coefficient (Wildman–Crippen LogP) is 3.19. The van der Waals surface area contributed by atoms with E-state index in [1.807, 2.05) is 48.0 Å². The van der Waals surface area contributed by atoms with E-state index in [-0.39, 0.29) is 0 Å². The Morgan fingerprint density at radius 3 is 2.53 bits per heavy atom. The molecule has 4 heteroatoms. The molecule has 0 unspecified atom stereocenters. The summed E-state index contributed by atoms with van der Waals surface area (Å²) in [4.78, 5) is 4.54. The molecule has 0 saturated heterocycles. The Bertz CT molecular complexity index is 763. The molecule has 4 nitrogen and oxygen atoms in total. The van der Waals surface area contributed by atoms with Crippen molar-refractivity contribution in [3.8, 4) is 6.07 Å². The van der Waals surface area contributed by atoms with Gasteiger partial charge in [0.05, 0.1) is 22.7 Å². The number of nitriles is 1. The van der Waals surface area contributed by atoms with E-state index in [1.165, 1.54) is 0 Å². The number of nitrogens with one attached hydrogen (secondary N) is 1. The molecule has 1 aromatic heterocycles. The summed E-state index contributed by atoms with van der Waals surface area (Å²) in [6.45, 7) is 0. The summed E-state index contributed by atoms with van der Waals surface area (Å²) in [7, 11) is 1.97. The van der Waals surface area contributed by atoms with E-state index in [4.69, 9.17) is 5.26 Å². The molecular formula is C15H12N4. The summed E-state index contributed by atoms with van der Waals surface area (Å²) in [5.74, 6) is 0.783. The van der Waals surface area contributed by atoms with Gasteiger partial charge in [-0.3, -0.25) is 0 Å². The number of hydrogen-bond donors (Lipinski definition) is 1. The lowest BCUT2D eigenvalue weighted by Crippen LogP contribution is -1.98. The first-order valence-corrected chi connectivity index (χ1v) is 5.96. The van der Waals surface area contributed by atoms with Crippen LogP contribution in [0.2, 0.25) is 0 Å². The molecular weight excluding hydrogens is 236 g/mol. The first-order valence-electron chi connectivity index (χ1n) is 5.96. The standard InChI is InChI=1S/C15H12N4/c1-19-14-5-3-2-4-13(14)18-15(19)17-12-8-6-11(10-16)7-9-12/h2-9H,1H3,(H,17,18). The van der Waals surface area contributed by atoms with E-state index in [0.29, 0.717) is 5.56 Å². The highest BCUT2D eigenvalue weighted by atomic mass is 15.2. The molecule has 0 aliphatic carbocycles. The van der Waals surface area contributed by atoms with Crippen LogP contribution in [0.25, 0.3) is 11.0 Å². The van der Waals surface area contributed by atoms with Gasteiger partial charge in [-0.05, 0) is 36.4 Å². The second-order valence-corrected chi connectivity index (χ2v) is 4.30. The molecule has 0 aliphatic heterocycles. The van der Waals surface area contributed by atoms with Gasteiger partial charge < -0.3 is 9.88 Å². The first kappa shape index (κ1) is 11.3. The lowest BCUT2D eigenvalue weighted by Gasteiger charge is -2.05. The number of fused-ring (bicyclic) bond motifs is 1. The lowest BCUT2D eigenvalue weighted by molar-refractivity contribution is 0.958. The van der Waals surface area contributed by atoms with E-state index in [0.717, 1.165) is 22.7 Å². The van der Waals surface area contributed by atoms with Gasteiger partial charge in [0.15, 0.2) is 0 Å². The van der Waals surface area contributed by atoms with Crippen molar-refractivity contribution in [3.63, 3.8) is 0 Å². The molecule has 3 aromatic rings. The minimum Gasteiger partial charge on any atom is -0.326 e. The Hall–Kier alpha value is -2.80. The fourth-order valence-corrected chi connectivity index (χ4v) is 2.01. The molecule has 0 aliphatic rings. The molecule has 3 rings (SSSR count). The fraction of sp³-hybridized carbons (Fsp3) is 0.0667. The van der Waals surface area contributed by atoms with Crippen molar-refractivity contribution in [2.24, 2.45) is 7.05 Å². The number of hydrogen-bond acceptors (Lipinski definition) is 3. The highest BCUT2D eigenvalue weighted by Gasteiger charge is 2.06. The summed E-state index contributed by atoms with van der Waals surface area (Å²) in [6.07, 6.45) is 0. The van der Waals surface area contributed by atoms with Gasteiger partial charge in [0, 0.05) is 12.7 Å². The van der Waals surface area contributed by atoms with E-state index in [9.17, 15) is 0 Å². The van der Waals surface area contributed by atoms with Crippen LogP contribution >= 0.6 is 0 Å². The van der Waals surface area contributed by atoms with Crippen molar-refractivity contribution < 1.29 is 0 Å². The summed E-state index contributed by atoms with van der Waals surface area (Å²) >= 11 is 0. The van der Waals surface area contributed by atoms with Crippen LogP contribution in [0.3, 0.4) is 0 Å². The van der Waals surface area contributed by atoms with Crippen LogP contribution in [0.5, 0.6) is 0 Å². The number of rotatable bonds is 2. The van der Waals surface area contributed by atoms with Crippen molar-refractivity contribution >= 4 is 22.7 Å². The van der Waals surface area contributed by atoms with Crippen molar-refractivity contribution in [2.45, 2.75) is 0 Å². The zero-order valence-corrected chi connectivity index (χ0v) is 10.5. The van der Waals surface area contributed by atoms with E-state index < -0.39 is 0 Å². The molecule has 92 valence electrons. The number of anilines is 2. The molecule has 0 spiro atoms. The maximum atomic E-state index is 8.77. The number of aryl methyl sites for hydroxylation is 1. The fourth-order valence-electron chi connectivity index (χ4n) is 2.01. The Labute approximate surface area is 110 Å². The second-order valence-electron chi connectivity index (χ2n) is 4.30. The van der Waals surface area contributed by atoms with Crippen LogP contribution in [0, 0.1) is 11.3 Å². The van der Waals surface area contributed by atoms with Gasteiger partial charge in [-0.15, -0.1) is 0 Å². The zero-order chi connectivity index (χ0) is 13.2. The van der Waals surface area contributed by atoms with Crippen molar-refractivity contribution in [1.29, 1.82) is 5.26 Å². The monoisotopic (exact) mass is 248 g/mol. The van der Waals surface area contributed by atoms with E-state index in [1.54, 1.807) is 12.1 Å². The lowest BCUT2D eigenvalue weighted by atomic mass is 10.2. The minimum atomic E-state index is 0.649. The normalized spacial score (nSPS) is 10.3. The first-order chi connectivity index (χ1) is 9.28. The van der Waals surface area contributed by atoms with Crippen LogP contribution in [0.1, 0.15) is 5.56 Å². The molecule has 1 N–H and O–H groups in total. The zero-order valence-electron chi connectivity index (χ0n) is 10.5. The quantitative estimate of drug-likeness (QED) is 0.757. The van der Waals surface area contributed by atoms with Gasteiger partial charge in [-0.1, -0.05) is 12.1 Å². The molecule has 0 radical (unpaired) electrons. The molecule has 0 amide bonds. The molecule has 0 saturated carbocycles. The number of imidazole rings is 1. The van der Waals surface area contributed by atoms with Crippen molar-refractivity contribution in [2.75, 3.05) is 5.32 Å². The molecule has 0 fully saturated rings. The highest BCUT2D eigenvalue weighted by Crippen LogP contribution is 2.21. The maximum absolute atomic E-state index is 8.77. The van der Waals surface area contributed by atoms with Gasteiger partial charge in [0.1, 0.15) is 0 Å². The Kier molecular flexibility index (Phi) is 2.66. The van der Waals surface area contributed by atoms with E-state index >= 15 is 0 Å². The molecule has 1 heterocycles. The van der Waals surface area contributed by atoms with Gasteiger partial charge in [0.25, 0.3) is 0 Å². The largest absolute Gasteiger partial charge is 0.326 e. The second kappa shape index (κ2) is 4.46. The Morgan fingerprint density at radius 1 is 1.11 bits per heavy atom.